The van der Waals surface area contributed by atoms with E-state index in [0.717, 1.165) is 23.3 Å². The highest BCUT2D eigenvalue weighted by Crippen LogP contribution is 2.29. The van der Waals surface area contributed by atoms with E-state index in [1.807, 2.05) is 50.2 Å². The summed E-state index contributed by atoms with van der Waals surface area (Å²) >= 11 is 0. The van der Waals surface area contributed by atoms with Crippen molar-refractivity contribution in [1.82, 2.24) is 4.98 Å². The first-order valence-electron chi connectivity index (χ1n) is 10.4. The topological polar surface area (TPSA) is 61.5 Å². The number of nitrogens with one attached hydrogen (secondary N) is 2. The summed E-state index contributed by atoms with van der Waals surface area (Å²) < 4.78 is 0. The first-order chi connectivity index (χ1) is 14.6. The number of carbonyl (C=O) groups excluding carboxylic acids is 1. The van der Waals surface area contributed by atoms with Crippen LogP contribution in [0.2, 0.25) is 0 Å². The monoisotopic (exact) mass is 398 g/mol. The van der Waals surface area contributed by atoms with Crippen LogP contribution >= 0.6 is 0 Å². The maximum atomic E-state index is 12.7. The molecular formula is C26H28N3O+. The van der Waals surface area contributed by atoms with E-state index >= 15 is 0 Å². The predicted octanol–water partition coefficient (Wildman–Crippen LogP) is 4.20. The number of rotatable bonds is 7. The fraction of sp³-hybridized carbons (Fsp3) is 0.192. The molecule has 3 aromatic carbocycles. The number of aryl methyl sites for hydroxylation is 1. The van der Waals surface area contributed by atoms with Crippen molar-refractivity contribution in [2.75, 3.05) is 11.9 Å². The standard InChI is InChI=1S/C26H27N3O/c1-18-9-8-12-21(15-18)29-26(30)19(2)27-16-23(20-10-4-3-5-11-20)24-17-28-25-14-7-6-13-22(24)25/h3-15,17,19,23,27-28H,16H2,1-2H3,(H,29,30)/p+1/t19-,23+/m1/s1. The maximum Gasteiger partial charge on any atom is 0.282 e. The van der Waals surface area contributed by atoms with E-state index in [0.29, 0.717) is 0 Å². The van der Waals surface area contributed by atoms with Gasteiger partial charge in [-0.05, 0) is 48.7 Å². The Bertz CT molecular complexity index is 1130. The number of carbonyl (C=O) groups is 1. The van der Waals surface area contributed by atoms with Crippen molar-refractivity contribution >= 4 is 22.5 Å². The highest BCUT2D eigenvalue weighted by Gasteiger charge is 2.23. The van der Waals surface area contributed by atoms with Gasteiger partial charge in [-0.2, -0.15) is 0 Å². The third kappa shape index (κ3) is 4.44. The van der Waals surface area contributed by atoms with Crippen LogP contribution < -0.4 is 10.6 Å². The quantitative estimate of drug-likeness (QED) is 0.429. The Hall–Kier alpha value is -3.37. The molecule has 0 aliphatic rings. The number of anilines is 1. The number of H-pyrrole nitrogens is 1. The summed E-state index contributed by atoms with van der Waals surface area (Å²) in [6.07, 6.45) is 2.10. The molecule has 4 heteroatoms. The minimum absolute atomic E-state index is 0.0198. The lowest BCUT2D eigenvalue weighted by Crippen LogP contribution is -2.92. The molecular weight excluding hydrogens is 370 g/mol. The van der Waals surface area contributed by atoms with Crippen LogP contribution in [0.3, 0.4) is 0 Å². The fourth-order valence-corrected chi connectivity index (χ4v) is 3.94. The van der Waals surface area contributed by atoms with Crippen LogP contribution in [-0.4, -0.2) is 23.5 Å². The molecule has 2 atom stereocenters. The molecule has 0 saturated carbocycles. The van der Waals surface area contributed by atoms with Crippen molar-refractivity contribution in [2.45, 2.75) is 25.8 Å². The van der Waals surface area contributed by atoms with Crippen molar-refractivity contribution in [3.8, 4) is 0 Å². The molecule has 0 radical (unpaired) electrons. The van der Waals surface area contributed by atoms with Gasteiger partial charge in [-0.25, -0.2) is 0 Å². The van der Waals surface area contributed by atoms with Crippen molar-refractivity contribution in [3.63, 3.8) is 0 Å². The molecule has 1 amide bonds. The van der Waals surface area contributed by atoms with Crippen molar-refractivity contribution in [1.29, 1.82) is 0 Å². The van der Waals surface area contributed by atoms with Gasteiger partial charge in [0.1, 0.15) is 0 Å². The number of benzene rings is 3. The number of quaternary nitrogens is 1. The number of amides is 1. The summed E-state index contributed by atoms with van der Waals surface area (Å²) in [5, 5.41) is 6.40. The minimum Gasteiger partial charge on any atom is -0.361 e. The molecule has 0 unspecified atom stereocenters. The Morgan fingerprint density at radius 1 is 1.00 bits per heavy atom. The molecule has 4 N–H and O–H groups in total. The third-order valence-electron chi connectivity index (χ3n) is 5.62. The maximum absolute atomic E-state index is 12.7. The van der Waals surface area contributed by atoms with Crippen LogP contribution in [0.1, 0.15) is 29.5 Å². The van der Waals surface area contributed by atoms with Crippen LogP contribution in [0.5, 0.6) is 0 Å². The fourth-order valence-electron chi connectivity index (χ4n) is 3.94. The zero-order valence-corrected chi connectivity index (χ0v) is 17.4. The molecule has 0 spiro atoms. The lowest BCUT2D eigenvalue weighted by molar-refractivity contribution is -0.674. The van der Waals surface area contributed by atoms with Crippen molar-refractivity contribution in [3.05, 3.63) is 102 Å². The Morgan fingerprint density at radius 2 is 1.77 bits per heavy atom. The van der Waals surface area contributed by atoms with Crippen LogP contribution in [0, 0.1) is 6.92 Å². The summed E-state index contributed by atoms with van der Waals surface area (Å²) in [4.78, 5) is 16.1. The van der Waals surface area contributed by atoms with Gasteiger partial charge in [0.15, 0.2) is 6.04 Å². The number of aromatic nitrogens is 1. The summed E-state index contributed by atoms with van der Waals surface area (Å²) in [5.74, 6) is 0.211. The lowest BCUT2D eigenvalue weighted by atomic mass is 9.90. The van der Waals surface area contributed by atoms with Gasteiger partial charge in [-0.3, -0.25) is 4.79 Å². The van der Waals surface area contributed by atoms with E-state index < -0.39 is 0 Å². The summed E-state index contributed by atoms with van der Waals surface area (Å²) in [6.45, 7) is 4.77. The Labute approximate surface area is 177 Å². The van der Waals surface area contributed by atoms with E-state index in [4.69, 9.17) is 0 Å². The van der Waals surface area contributed by atoms with Crippen molar-refractivity contribution in [2.24, 2.45) is 0 Å². The molecule has 1 heterocycles. The smallest absolute Gasteiger partial charge is 0.282 e. The molecule has 4 nitrogen and oxygen atoms in total. The number of aromatic amines is 1. The second-order valence-corrected chi connectivity index (χ2v) is 7.87. The molecule has 0 aliphatic carbocycles. The Morgan fingerprint density at radius 3 is 2.57 bits per heavy atom. The van der Waals surface area contributed by atoms with Gasteiger partial charge in [-0.1, -0.05) is 60.7 Å². The van der Waals surface area contributed by atoms with E-state index in [1.165, 1.54) is 16.5 Å². The van der Waals surface area contributed by atoms with E-state index in [-0.39, 0.29) is 17.9 Å². The minimum atomic E-state index is -0.193. The van der Waals surface area contributed by atoms with Crippen LogP contribution in [0.25, 0.3) is 10.9 Å². The van der Waals surface area contributed by atoms with Gasteiger partial charge >= 0.3 is 0 Å². The zero-order valence-electron chi connectivity index (χ0n) is 17.4. The molecule has 0 bridgehead atoms. The van der Waals surface area contributed by atoms with Gasteiger partial charge in [0, 0.05) is 22.8 Å². The molecule has 4 aromatic rings. The Balaban J connectivity index is 1.52. The zero-order chi connectivity index (χ0) is 20.9. The molecule has 4 rings (SSSR count). The van der Waals surface area contributed by atoms with Gasteiger partial charge < -0.3 is 15.6 Å². The predicted molar refractivity (Wildman–Crippen MR) is 123 cm³/mol. The average Bonchev–Trinajstić information content (AvgIpc) is 3.18. The van der Waals surface area contributed by atoms with Crippen LogP contribution in [0.4, 0.5) is 5.69 Å². The number of nitrogens with two attached hydrogens (primary N) is 1. The third-order valence-corrected chi connectivity index (χ3v) is 5.62. The van der Waals surface area contributed by atoms with Gasteiger partial charge in [0.25, 0.3) is 5.91 Å². The molecule has 30 heavy (non-hydrogen) atoms. The summed E-state index contributed by atoms with van der Waals surface area (Å²) in [6, 6.07) is 26.6. The second kappa shape index (κ2) is 8.97. The first kappa shape index (κ1) is 19.9. The van der Waals surface area contributed by atoms with Gasteiger partial charge in [0.2, 0.25) is 0 Å². The van der Waals surface area contributed by atoms with E-state index in [2.05, 4.69) is 64.3 Å². The number of hydrogen-bond acceptors (Lipinski definition) is 1. The first-order valence-corrected chi connectivity index (χ1v) is 10.4. The number of para-hydroxylation sites is 1. The Kier molecular flexibility index (Phi) is 5.96. The van der Waals surface area contributed by atoms with Gasteiger partial charge in [0.05, 0.1) is 12.5 Å². The van der Waals surface area contributed by atoms with E-state index in [9.17, 15) is 4.79 Å². The average molecular weight is 399 g/mol. The second-order valence-electron chi connectivity index (χ2n) is 7.87. The molecule has 152 valence electrons. The summed E-state index contributed by atoms with van der Waals surface area (Å²) in [5.41, 5.74) is 5.63. The largest absolute Gasteiger partial charge is 0.361 e. The van der Waals surface area contributed by atoms with Crippen molar-refractivity contribution < 1.29 is 10.1 Å². The molecule has 0 fully saturated rings. The molecule has 0 saturated heterocycles. The molecule has 1 aromatic heterocycles. The van der Waals surface area contributed by atoms with Crippen LogP contribution in [-0.2, 0) is 4.79 Å². The molecule has 0 aliphatic heterocycles. The highest BCUT2D eigenvalue weighted by atomic mass is 16.2. The number of fused-ring (bicyclic) bond motifs is 1. The SMILES string of the molecule is Cc1cccc(NC(=O)[C@@H](C)[NH2+]C[C@@H](c2ccccc2)c2c[nH]c3ccccc23)c1. The van der Waals surface area contributed by atoms with Crippen LogP contribution in [0.15, 0.2) is 85.1 Å². The lowest BCUT2D eigenvalue weighted by Gasteiger charge is -2.19. The highest BCUT2D eigenvalue weighted by molar-refractivity contribution is 5.93. The van der Waals surface area contributed by atoms with E-state index in [1.54, 1.807) is 0 Å². The number of hydrogen-bond donors (Lipinski definition) is 3. The van der Waals surface area contributed by atoms with Gasteiger partial charge in [-0.15, -0.1) is 0 Å². The normalized spacial score (nSPS) is 13.1. The summed E-state index contributed by atoms with van der Waals surface area (Å²) in [7, 11) is 0.